The molecule has 2 N–H and O–H groups in total. The summed E-state index contributed by atoms with van der Waals surface area (Å²) in [5, 5.41) is 0.711. The summed E-state index contributed by atoms with van der Waals surface area (Å²) in [5.74, 6) is 0. The zero-order valence-electron chi connectivity index (χ0n) is 8.58. The smallest absolute Gasteiger partial charge is 0.0600 e. The molecule has 1 fully saturated rings. The van der Waals surface area contributed by atoms with E-state index in [1.807, 2.05) is 18.2 Å². The maximum Gasteiger partial charge on any atom is 0.0600 e. The fourth-order valence-corrected chi connectivity index (χ4v) is 2.13. The van der Waals surface area contributed by atoms with Crippen molar-refractivity contribution in [3.8, 4) is 0 Å². The van der Waals surface area contributed by atoms with Crippen molar-refractivity contribution in [1.82, 2.24) is 0 Å². The highest BCUT2D eigenvalue weighted by Gasteiger charge is 2.12. The Morgan fingerprint density at radius 2 is 1.80 bits per heavy atom. The van der Waals surface area contributed by atoms with Crippen LogP contribution in [0.15, 0.2) is 18.2 Å². The molecule has 0 spiro atoms. The minimum atomic E-state index is 0. The van der Waals surface area contributed by atoms with Crippen LogP contribution in [0, 0.1) is 0 Å². The van der Waals surface area contributed by atoms with Crippen LogP contribution in [0.4, 0.5) is 11.4 Å². The zero-order valence-corrected chi connectivity index (χ0v) is 10.2. The lowest BCUT2D eigenvalue weighted by Gasteiger charge is -2.29. The fourth-order valence-electron chi connectivity index (χ4n) is 1.95. The van der Waals surface area contributed by atoms with Crippen molar-refractivity contribution in [2.75, 3.05) is 23.7 Å². The molecule has 1 aromatic rings. The van der Waals surface area contributed by atoms with Gasteiger partial charge in [-0.3, -0.25) is 0 Å². The van der Waals surface area contributed by atoms with E-state index in [0.717, 1.165) is 24.5 Å². The molecule has 0 bridgehead atoms. The second-order valence-electron chi connectivity index (χ2n) is 3.75. The molecule has 0 saturated carbocycles. The molecule has 2 nitrogen and oxygen atoms in total. The van der Waals surface area contributed by atoms with Gasteiger partial charge in [0.15, 0.2) is 0 Å². The highest BCUT2D eigenvalue weighted by Crippen LogP contribution is 2.28. The normalized spacial score (nSPS) is 15.9. The Bertz CT molecular complexity index is 322. The molecule has 4 heteroatoms. The molecule has 1 saturated heterocycles. The molecule has 1 aliphatic heterocycles. The SMILES string of the molecule is Cl.Nc1cc(Cl)ccc1N1CCCCC1. The number of rotatable bonds is 1. The number of benzene rings is 1. The van der Waals surface area contributed by atoms with E-state index in [4.69, 9.17) is 17.3 Å². The molecule has 0 amide bonds. The summed E-state index contributed by atoms with van der Waals surface area (Å²) in [4.78, 5) is 2.34. The molecule has 0 radical (unpaired) electrons. The first kappa shape index (κ1) is 12.5. The van der Waals surface area contributed by atoms with Crippen LogP contribution in [0.25, 0.3) is 0 Å². The molecular weight excluding hydrogens is 231 g/mol. The van der Waals surface area contributed by atoms with Crippen LogP contribution >= 0.6 is 24.0 Å². The minimum Gasteiger partial charge on any atom is -0.397 e. The molecular formula is C11H16Cl2N2. The Kier molecular flexibility index (Phi) is 4.55. The van der Waals surface area contributed by atoms with Crippen molar-refractivity contribution in [3.05, 3.63) is 23.2 Å². The Morgan fingerprint density at radius 3 is 2.40 bits per heavy atom. The third-order valence-corrected chi connectivity index (χ3v) is 2.92. The molecule has 1 aromatic carbocycles. The van der Waals surface area contributed by atoms with E-state index >= 15 is 0 Å². The number of anilines is 2. The average Bonchev–Trinajstić information content (AvgIpc) is 2.19. The van der Waals surface area contributed by atoms with Gasteiger partial charge in [0.05, 0.1) is 11.4 Å². The third kappa shape index (κ3) is 2.93. The topological polar surface area (TPSA) is 29.3 Å². The van der Waals surface area contributed by atoms with Gasteiger partial charge in [-0.05, 0) is 37.5 Å². The van der Waals surface area contributed by atoms with Crippen molar-refractivity contribution in [1.29, 1.82) is 0 Å². The largest absolute Gasteiger partial charge is 0.397 e. The van der Waals surface area contributed by atoms with Gasteiger partial charge in [0.25, 0.3) is 0 Å². The molecule has 2 rings (SSSR count). The van der Waals surface area contributed by atoms with E-state index in [0.29, 0.717) is 5.02 Å². The maximum absolute atomic E-state index is 5.93. The van der Waals surface area contributed by atoms with E-state index < -0.39 is 0 Å². The van der Waals surface area contributed by atoms with Crippen LogP contribution in [0.2, 0.25) is 5.02 Å². The van der Waals surface area contributed by atoms with Gasteiger partial charge in [-0.1, -0.05) is 11.6 Å². The first-order chi connectivity index (χ1) is 6.77. The molecule has 0 aromatic heterocycles. The van der Waals surface area contributed by atoms with Gasteiger partial charge in [-0.2, -0.15) is 0 Å². The quantitative estimate of drug-likeness (QED) is 0.771. The first-order valence-electron chi connectivity index (χ1n) is 5.07. The predicted molar refractivity (Wildman–Crippen MR) is 69.2 cm³/mol. The number of nitrogens with zero attached hydrogens (tertiary/aromatic N) is 1. The number of nitrogen functional groups attached to an aromatic ring is 1. The number of hydrogen-bond donors (Lipinski definition) is 1. The van der Waals surface area contributed by atoms with Crippen LogP contribution in [-0.4, -0.2) is 13.1 Å². The standard InChI is InChI=1S/C11H15ClN2.ClH/c12-9-4-5-11(10(13)8-9)14-6-2-1-3-7-14;/h4-5,8H,1-3,6-7,13H2;1H. The first-order valence-corrected chi connectivity index (χ1v) is 5.45. The Balaban J connectivity index is 0.00000112. The van der Waals surface area contributed by atoms with Gasteiger partial charge in [0.1, 0.15) is 0 Å². The minimum absolute atomic E-state index is 0. The van der Waals surface area contributed by atoms with Crippen LogP contribution in [0.3, 0.4) is 0 Å². The molecule has 15 heavy (non-hydrogen) atoms. The van der Waals surface area contributed by atoms with Crippen molar-refractivity contribution in [3.63, 3.8) is 0 Å². The second-order valence-corrected chi connectivity index (χ2v) is 4.19. The van der Waals surface area contributed by atoms with Gasteiger partial charge in [0, 0.05) is 18.1 Å². The number of hydrogen-bond acceptors (Lipinski definition) is 2. The lowest BCUT2D eigenvalue weighted by Crippen LogP contribution is -2.29. The summed E-state index contributed by atoms with van der Waals surface area (Å²) in [6.07, 6.45) is 3.87. The molecule has 84 valence electrons. The summed E-state index contributed by atoms with van der Waals surface area (Å²) in [6, 6.07) is 5.75. The van der Waals surface area contributed by atoms with Gasteiger partial charge >= 0.3 is 0 Å². The summed E-state index contributed by atoms with van der Waals surface area (Å²) >= 11 is 5.86. The molecule has 1 heterocycles. The van der Waals surface area contributed by atoms with E-state index in [2.05, 4.69) is 4.90 Å². The summed E-state index contributed by atoms with van der Waals surface area (Å²) in [6.45, 7) is 2.23. The van der Waals surface area contributed by atoms with Crippen LogP contribution in [0.5, 0.6) is 0 Å². The van der Waals surface area contributed by atoms with Crippen LogP contribution < -0.4 is 10.6 Å². The zero-order chi connectivity index (χ0) is 9.97. The van der Waals surface area contributed by atoms with Gasteiger partial charge in [-0.15, -0.1) is 12.4 Å². The van der Waals surface area contributed by atoms with Crippen LogP contribution in [-0.2, 0) is 0 Å². The van der Waals surface area contributed by atoms with Crippen LogP contribution in [0.1, 0.15) is 19.3 Å². The monoisotopic (exact) mass is 246 g/mol. The number of piperidine rings is 1. The van der Waals surface area contributed by atoms with Crippen molar-refractivity contribution in [2.45, 2.75) is 19.3 Å². The summed E-state index contributed by atoms with van der Waals surface area (Å²) in [5.41, 5.74) is 7.85. The molecule has 0 atom stereocenters. The Labute approximate surface area is 102 Å². The van der Waals surface area contributed by atoms with Gasteiger partial charge in [0.2, 0.25) is 0 Å². The predicted octanol–water partition coefficient (Wildman–Crippen LogP) is 3.33. The Morgan fingerprint density at radius 1 is 1.13 bits per heavy atom. The van der Waals surface area contributed by atoms with E-state index in [-0.39, 0.29) is 12.4 Å². The summed E-state index contributed by atoms with van der Waals surface area (Å²) in [7, 11) is 0. The lowest BCUT2D eigenvalue weighted by atomic mass is 10.1. The second kappa shape index (κ2) is 5.47. The number of halogens is 2. The van der Waals surface area contributed by atoms with Crippen molar-refractivity contribution >= 4 is 35.4 Å². The molecule has 1 aliphatic rings. The molecule has 0 unspecified atom stereocenters. The molecule has 0 aliphatic carbocycles. The van der Waals surface area contributed by atoms with Gasteiger partial charge < -0.3 is 10.6 Å². The van der Waals surface area contributed by atoms with E-state index in [1.54, 1.807) is 0 Å². The van der Waals surface area contributed by atoms with Gasteiger partial charge in [-0.25, -0.2) is 0 Å². The fraction of sp³-hybridized carbons (Fsp3) is 0.455. The van der Waals surface area contributed by atoms with Crippen molar-refractivity contribution in [2.24, 2.45) is 0 Å². The highest BCUT2D eigenvalue weighted by atomic mass is 35.5. The van der Waals surface area contributed by atoms with E-state index in [1.165, 1.54) is 19.3 Å². The number of nitrogens with two attached hydrogens (primary N) is 1. The Hall–Kier alpha value is -0.600. The average molecular weight is 247 g/mol. The third-order valence-electron chi connectivity index (χ3n) is 2.69. The maximum atomic E-state index is 5.93. The highest BCUT2D eigenvalue weighted by molar-refractivity contribution is 6.31. The van der Waals surface area contributed by atoms with Crippen molar-refractivity contribution < 1.29 is 0 Å². The lowest BCUT2D eigenvalue weighted by molar-refractivity contribution is 0.578. The summed E-state index contributed by atoms with van der Waals surface area (Å²) < 4.78 is 0. The van der Waals surface area contributed by atoms with E-state index in [9.17, 15) is 0 Å².